The maximum absolute atomic E-state index is 12.1. The number of carbonyl (C=O) groups is 1. The highest BCUT2D eigenvalue weighted by atomic mass is 16.2. The maximum atomic E-state index is 12.1. The van der Waals surface area contributed by atoms with Gasteiger partial charge in [0.05, 0.1) is 5.54 Å². The van der Waals surface area contributed by atoms with Crippen LogP contribution in [-0.4, -0.2) is 18.0 Å². The minimum atomic E-state index is -0.372. The zero-order chi connectivity index (χ0) is 13.0. The first-order valence-electron chi connectivity index (χ1n) is 6.75. The van der Waals surface area contributed by atoms with Crippen LogP contribution in [0, 0.1) is 0 Å². The summed E-state index contributed by atoms with van der Waals surface area (Å²) in [5.41, 5.74) is 2.11. The lowest BCUT2D eigenvalue weighted by molar-refractivity contribution is -0.126. The topological polar surface area (TPSA) is 41.1 Å². The normalized spacial score (nSPS) is 23.0. The van der Waals surface area contributed by atoms with Gasteiger partial charge in [0.2, 0.25) is 5.91 Å². The average molecular weight is 246 g/mol. The molecule has 3 nitrogen and oxygen atoms in total. The fraction of sp³-hybridized carbons (Fsp3) is 0.533. The Kier molecular flexibility index (Phi) is 4.02. The van der Waals surface area contributed by atoms with Crippen molar-refractivity contribution in [1.82, 2.24) is 10.6 Å². The van der Waals surface area contributed by atoms with Gasteiger partial charge >= 0.3 is 0 Å². The summed E-state index contributed by atoms with van der Waals surface area (Å²) in [4.78, 5) is 12.1. The lowest BCUT2D eigenvalue weighted by Gasteiger charge is -2.23. The van der Waals surface area contributed by atoms with Crippen molar-refractivity contribution in [1.29, 1.82) is 0 Å². The van der Waals surface area contributed by atoms with Crippen LogP contribution in [0.5, 0.6) is 0 Å². The quantitative estimate of drug-likeness (QED) is 0.853. The van der Waals surface area contributed by atoms with Crippen molar-refractivity contribution in [2.24, 2.45) is 0 Å². The van der Waals surface area contributed by atoms with E-state index in [-0.39, 0.29) is 11.4 Å². The number of benzene rings is 1. The third kappa shape index (κ3) is 2.91. The fourth-order valence-electron chi connectivity index (χ4n) is 2.36. The van der Waals surface area contributed by atoms with Gasteiger partial charge in [-0.1, -0.05) is 31.2 Å². The van der Waals surface area contributed by atoms with Gasteiger partial charge in [0.15, 0.2) is 0 Å². The molecule has 1 unspecified atom stereocenters. The molecule has 0 aromatic heterocycles. The van der Waals surface area contributed by atoms with E-state index in [1.807, 2.05) is 6.92 Å². The van der Waals surface area contributed by atoms with Gasteiger partial charge in [-0.2, -0.15) is 0 Å². The highest BCUT2D eigenvalue weighted by molar-refractivity contribution is 5.86. The predicted molar refractivity (Wildman–Crippen MR) is 73.3 cm³/mol. The lowest BCUT2D eigenvalue weighted by atomic mass is 9.99. The van der Waals surface area contributed by atoms with E-state index < -0.39 is 0 Å². The molecule has 1 aliphatic heterocycles. The molecule has 98 valence electrons. The minimum Gasteiger partial charge on any atom is -0.350 e. The van der Waals surface area contributed by atoms with E-state index in [9.17, 15) is 4.79 Å². The Hall–Kier alpha value is -1.35. The summed E-state index contributed by atoms with van der Waals surface area (Å²) in [5, 5.41) is 6.29. The first kappa shape index (κ1) is 13.1. The smallest absolute Gasteiger partial charge is 0.240 e. The summed E-state index contributed by atoms with van der Waals surface area (Å²) in [6.07, 6.45) is 3.05. The van der Waals surface area contributed by atoms with Gasteiger partial charge in [0, 0.05) is 6.54 Å². The molecular formula is C15H22N2O. The van der Waals surface area contributed by atoms with E-state index in [2.05, 4.69) is 41.8 Å². The van der Waals surface area contributed by atoms with Gasteiger partial charge in [-0.25, -0.2) is 0 Å². The monoisotopic (exact) mass is 246 g/mol. The molecule has 1 saturated heterocycles. The average Bonchev–Trinajstić information content (AvgIpc) is 2.85. The molecule has 1 aliphatic rings. The van der Waals surface area contributed by atoms with E-state index in [0.717, 1.165) is 31.4 Å². The zero-order valence-electron chi connectivity index (χ0n) is 11.3. The molecule has 0 spiro atoms. The van der Waals surface area contributed by atoms with Gasteiger partial charge in [0.1, 0.15) is 0 Å². The van der Waals surface area contributed by atoms with Crippen molar-refractivity contribution < 1.29 is 4.79 Å². The van der Waals surface area contributed by atoms with Crippen LogP contribution < -0.4 is 10.6 Å². The van der Waals surface area contributed by atoms with Crippen LogP contribution in [0.15, 0.2) is 24.3 Å². The number of rotatable bonds is 4. The largest absolute Gasteiger partial charge is 0.350 e. The zero-order valence-corrected chi connectivity index (χ0v) is 11.3. The molecule has 0 radical (unpaired) electrons. The number of nitrogens with one attached hydrogen (secondary N) is 2. The molecule has 1 amide bonds. The van der Waals surface area contributed by atoms with Gasteiger partial charge in [-0.3, -0.25) is 4.79 Å². The van der Waals surface area contributed by atoms with Crippen molar-refractivity contribution in [2.45, 2.75) is 45.2 Å². The molecule has 2 rings (SSSR count). The Bertz CT molecular complexity index is 405. The first-order chi connectivity index (χ1) is 8.64. The van der Waals surface area contributed by atoms with E-state index in [0.29, 0.717) is 6.54 Å². The van der Waals surface area contributed by atoms with E-state index in [1.54, 1.807) is 0 Å². The summed E-state index contributed by atoms with van der Waals surface area (Å²) < 4.78 is 0. The van der Waals surface area contributed by atoms with Crippen LogP contribution in [0.3, 0.4) is 0 Å². The van der Waals surface area contributed by atoms with Crippen molar-refractivity contribution in [3.8, 4) is 0 Å². The molecule has 1 aromatic rings. The molecular weight excluding hydrogens is 224 g/mol. The van der Waals surface area contributed by atoms with Crippen molar-refractivity contribution >= 4 is 5.91 Å². The number of aryl methyl sites for hydroxylation is 1. The second-order valence-corrected chi connectivity index (χ2v) is 5.22. The van der Waals surface area contributed by atoms with Gasteiger partial charge in [-0.15, -0.1) is 0 Å². The Balaban J connectivity index is 1.88. The Morgan fingerprint density at radius 2 is 2.00 bits per heavy atom. The Morgan fingerprint density at radius 3 is 2.56 bits per heavy atom. The highest BCUT2D eigenvalue weighted by Crippen LogP contribution is 2.18. The second kappa shape index (κ2) is 5.53. The summed E-state index contributed by atoms with van der Waals surface area (Å²) in [5.74, 6) is 0.111. The lowest BCUT2D eigenvalue weighted by Crippen LogP contribution is -2.50. The number of amides is 1. The highest BCUT2D eigenvalue weighted by Gasteiger charge is 2.35. The molecule has 0 saturated carbocycles. The summed E-state index contributed by atoms with van der Waals surface area (Å²) in [6, 6.07) is 8.42. The van der Waals surface area contributed by atoms with Crippen LogP contribution in [-0.2, 0) is 17.8 Å². The predicted octanol–water partition coefficient (Wildman–Crippen LogP) is 2.01. The van der Waals surface area contributed by atoms with E-state index in [4.69, 9.17) is 0 Å². The molecule has 0 bridgehead atoms. The summed E-state index contributed by atoms with van der Waals surface area (Å²) >= 11 is 0. The van der Waals surface area contributed by atoms with Gasteiger partial charge < -0.3 is 10.6 Å². The fourth-order valence-corrected chi connectivity index (χ4v) is 2.36. The van der Waals surface area contributed by atoms with Crippen LogP contribution in [0.4, 0.5) is 0 Å². The third-order valence-electron chi connectivity index (χ3n) is 3.75. The SMILES string of the molecule is CCc1ccc(CNC(=O)C2(C)CCCN2)cc1. The molecule has 18 heavy (non-hydrogen) atoms. The minimum absolute atomic E-state index is 0.111. The molecule has 1 heterocycles. The maximum Gasteiger partial charge on any atom is 0.240 e. The number of hydrogen-bond acceptors (Lipinski definition) is 2. The molecule has 1 fully saturated rings. The van der Waals surface area contributed by atoms with Crippen LogP contribution in [0.1, 0.15) is 37.8 Å². The van der Waals surface area contributed by atoms with E-state index >= 15 is 0 Å². The van der Waals surface area contributed by atoms with Crippen LogP contribution in [0.2, 0.25) is 0 Å². The molecule has 1 aromatic carbocycles. The summed E-state index contributed by atoms with van der Waals surface area (Å²) in [6.45, 7) is 5.67. The molecule has 1 atom stereocenters. The second-order valence-electron chi connectivity index (χ2n) is 5.22. The van der Waals surface area contributed by atoms with Gasteiger partial charge in [0.25, 0.3) is 0 Å². The summed E-state index contributed by atoms with van der Waals surface area (Å²) in [7, 11) is 0. The van der Waals surface area contributed by atoms with E-state index in [1.165, 1.54) is 5.56 Å². The van der Waals surface area contributed by atoms with Crippen molar-refractivity contribution in [3.05, 3.63) is 35.4 Å². The molecule has 2 N–H and O–H groups in total. The Morgan fingerprint density at radius 1 is 1.33 bits per heavy atom. The molecule has 3 heteroatoms. The van der Waals surface area contributed by atoms with Crippen molar-refractivity contribution in [3.63, 3.8) is 0 Å². The number of hydrogen-bond donors (Lipinski definition) is 2. The first-order valence-corrected chi connectivity index (χ1v) is 6.75. The third-order valence-corrected chi connectivity index (χ3v) is 3.75. The molecule has 0 aliphatic carbocycles. The number of carbonyl (C=O) groups excluding carboxylic acids is 1. The van der Waals surface area contributed by atoms with Gasteiger partial charge in [-0.05, 0) is 43.9 Å². The standard InChI is InChI=1S/C15H22N2O/c1-3-12-5-7-13(8-6-12)11-16-14(18)15(2)9-4-10-17-15/h5-8,17H,3-4,9-11H2,1-2H3,(H,16,18). The van der Waals surface area contributed by atoms with Crippen LogP contribution in [0.25, 0.3) is 0 Å². The van der Waals surface area contributed by atoms with Crippen LogP contribution >= 0.6 is 0 Å². The van der Waals surface area contributed by atoms with Crippen molar-refractivity contribution in [2.75, 3.05) is 6.54 Å². The Labute approximate surface area is 109 Å².